The van der Waals surface area contributed by atoms with Crippen LogP contribution in [0.5, 0.6) is 0 Å². The third-order valence-electron chi connectivity index (χ3n) is 2.25. The Morgan fingerprint density at radius 1 is 1.47 bits per heavy atom. The average Bonchev–Trinajstić information content (AvgIpc) is 2.61. The molecule has 0 radical (unpaired) electrons. The largest absolute Gasteiger partial charge is 0.324 e. The van der Waals surface area contributed by atoms with Crippen LogP contribution in [-0.2, 0) is 13.0 Å². The van der Waals surface area contributed by atoms with Gasteiger partial charge >= 0.3 is 0 Å². The van der Waals surface area contributed by atoms with E-state index in [0.717, 1.165) is 13.0 Å². The molecule has 0 bridgehead atoms. The first-order valence-electron chi connectivity index (χ1n) is 4.85. The molecule has 0 amide bonds. The summed E-state index contributed by atoms with van der Waals surface area (Å²) >= 11 is 1.46. The first-order valence-corrected chi connectivity index (χ1v) is 5.73. The maximum Gasteiger partial charge on any atom is 0.181 e. The summed E-state index contributed by atoms with van der Waals surface area (Å²) in [6.45, 7) is 2.90. The van der Waals surface area contributed by atoms with Gasteiger partial charge in [0.25, 0.3) is 0 Å². The monoisotopic (exact) mass is 219 g/mol. The summed E-state index contributed by atoms with van der Waals surface area (Å²) < 4.78 is 1.95. The zero-order valence-electron chi connectivity index (χ0n) is 8.60. The number of aromatic nitrogens is 2. The third kappa shape index (κ3) is 2.53. The van der Waals surface area contributed by atoms with Gasteiger partial charge in [-0.15, -0.1) is 11.3 Å². The highest BCUT2D eigenvalue weighted by Gasteiger charge is 1.97. The molecule has 4 heteroatoms. The van der Waals surface area contributed by atoms with E-state index in [1.807, 2.05) is 35.5 Å². The molecule has 0 aliphatic carbocycles. The molecule has 0 aliphatic rings. The predicted molar refractivity (Wildman–Crippen MR) is 60.8 cm³/mol. The van der Waals surface area contributed by atoms with Crippen molar-refractivity contribution < 1.29 is 0 Å². The molecule has 78 valence electrons. The van der Waals surface area contributed by atoms with Gasteiger partial charge in [0, 0.05) is 30.5 Å². The van der Waals surface area contributed by atoms with Gasteiger partial charge in [0.1, 0.15) is 0 Å². The number of thiazole rings is 1. The molecular formula is C11H13N3S. The molecule has 0 aromatic carbocycles. The minimum atomic E-state index is 0.607. The van der Waals surface area contributed by atoms with E-state index in [1.54, 1.807) is 0 Å². The van der Waals surface area contributed by atoms with Gasteiger partial charge in [0.15, 0.2) is 4.80 Å². The van der Waals surface area contributed by atoms with E-state index in [-0.39, 0.29) is 0 Å². The van der Waals surface area contributed by atoms with Gasteiger partial charge in [-0.25, -0.2) is 0 Å². The SMILES string of the molecule is Cc1cncc(CCn2ccsc2=N)c1. The molecule has 0 atom stereocenters. The zero-order valence-corrected chi connectivity index (χ0v) is 9.42. The molecule has 0 fully saturated rings. The van der Waals surface area contributed by atoms with Crippen molar-refractivity contribution in [3.8, 4) is 0 Å². The second kappa shape index (κ2) is 4.40. The van der Waals surface area contributed by atoms with Crippen LogP contribution in [0.2, 0.25) is 0 Å². The molecule has 2 heterocycles. The van der Waals surface area contributed by atoms with Crippen molar-refractivity contribution in [2.45, 2.75) is 19.9 Å². The smallest absolute Gasteiger partial charge is 0.181 e. The van der Waals surface area contributed by atoms with Crippen molar-refractivity contribution in [3.05, 3.63) is 46.0 Å². The van der Waals surface area contributed by atoms with E-state index in [9.17, 15) is 0 Å². The van der Waals surface area contributed by atoms with E-state index in [0.29, 0.717) is 4.80 Å². The van der Waals surface area contributed by atoms with E-state index in [4.69, 9.17) is 5.41 Å². The lowest BCUT2D eigenvalue weighted by Gasteiger charge is -2.03. The van der Waals surface area contributed by atoms with Gasteiger partial charge in [-0.05, 0) is 24.5 Å². The number of nitrogens with one attached hydrogen (secondary N) is 1. The molecule has 0 aliphatic heterocycles. The molecule has 0 saturated carbocycles. The summed E-state index contributed by atoms with van der Waals surface area (Å²) in [7, 11) is 0. The zero-order chi connectivity index (χ0) is 10.7. The summed E-state index contributed by atoms with van der Waals surface area (Å²) in [4.78, 5) is 4.76. The Bertz CT molecular complexity index is 498. The fraction of sp³-hybridized carbons (Fsp3) is 0.273. The number of rotatable bonds is 3. The van der Waals surface area contributed by atoms with Crippen LogP contribution < -0.4 is 4.80 Å². The molecule has 2 aromatic heterocycles. The normalized spacial score (nSPS) is 10.5. The van der Waals surface area contributed by atoms with Crippen LogP contribution in [0.4, 0.5) is 0 Å². The standard InChI is InChI=1S/C11H13N3S/c1-9-6-10(8-13-7-9)2-3-14-4-5-15-11(14)12/h4-8,12H,2-3H2,1H3. The molecule has 15 heavy (non-hydrogen) atoms. The number of aryl methyl sites for hydroxylation is 3. The lowest BCUT2D eigenvalue weighted by atomic mass is 10.1. The van der Waals surface area contributed by atoms with Gasteiger partial charge in [-0.3, -0.25) is 10.4 Å². The summed E-state index contributed by atoms with van der Waals surface area (Å²) in [6.07, 6.45) is 6.64. The average molecular weight is 219 g/mol. The Kier molecular flexibility index (Phi) is 2.97. The molecule has 2 rings (SSSR count). The highest BCUT2D eigenvalue weighted by Crippen LogP contribution is 2.03. The molecule has 1 N–H and O–H groups in total. The van der Waals surface area contributed by atoms with E-state index >= 15 is 0 Å². The van der Waals surface area contributed by atoms with Crippen molar-refractivity contribution in [3.63, 3.8) is 0 Å². The Balaban J connectivity index is 2.05. The second-order valence-corrected chi connectivity index (χ2v) is 4.42. The molecule has 3 nitrogen and oxygen atoms in total. The number of pyridine rings is 1. The molecule has 0 spiro atoms. The first-order chi connectivity index (χ1) is 7.25. The lowest BCUT2D eigenvalue weighted by molar-refractivity contribution is 0.669. The highest BCUT2D eigenvalue weighted by atomic mass is 32.1. The van der Waals surface area contributed by atoms with Crippen molar-refractivity contribution in [2.75, 3.05) is 0 Å². The topological polar surface area (TPSA) is 41.7 Å². The van der Waals surface area contributed by atoms with Crippen LogP contribution in [0.25, 0.3) is 0 Å². The van der Waals surface area contributed by atoms with E-state index in [1.165, 1.54) is 22.5 Å². The Morgan fingerprint density at radius 3 is 3.00 bits per heavy atom. The van der Waals surface area contributed by atoms with Gasteiger partial charge in [-0.1, -0.05) is 6.07 Å². The van der Waals surface area contributed by atoms with E-state index < -0.39 is 0 Å². The van der Waals surface area contributed by atoms with Gasteiger partial charge in [0.05, 0.1) is 0 Å². The van der Waals surface area contributed by atoms with Gasteiger partial charge < -0.3 is 4.57 Å². The summed E-state index contributed by atoms with van der Waals surface area (Å²) in [5.74, 6) is 0. The number of hydrogen-bond donors (Lipinski definition) is 1. The third-order valence-corrected chi connectivity index (χ3v) is 2.97. The van der Waals surface area contributed by atoms with Crippen molar-refractivity contribution >= 4 is 11.3 Å². The number of hydrogen-bond acceptors (Lipinski definition) is 3. The fourth-order valence-electron chi connectivity index (χ4n) is 1.48. The van der Waals surface area contributed by atoms with Crippen LogP contribution >= 0.6 is 11.3 Å². The molecule has 0 saturated heterocycles. The Morgan fingerprint density at radius 2 is 2.33 bits per heavy atom. The summed E-state index contributed by atoms with van der Waals surface area (Å²) in [5.41, 5.74) is 2.42. The Labute approximate surface area is 92.6 Å². The first kappa shape index (κ1) is 10.1. The fourth-order valence-corrected chi connectivity index (χ4v) is 2.11. The second-order valence-electron chi connectivity index (χ2n) is 3.52. The van der Waals surface area contributed by atoms with Crippen LogP contribution in [0, 0.1) is 12.3 Å². The summed E-state index contributed by atoms with van der Waals surface area (Å²) in [5, 5.41) is 9.57. The van der Waals surface area contributed by atoms with Crippen LogP contribution in [0.1, 0.15) is 11.1 Å². The molecule has 0 unspecified atom stereocenters. The van der Waals surface area contributed by atoms with Gasteiger partial charge in [-0.2, -0.15) is 0 Å². The quantitative estimate of drug-likeness (QED) is 0.842. The molecule has 2 aromatic rings. The highest BCUT2D eigenvalue weighted by molar-refractivity contribution is 7.06. The van der Waals surface area contributed by atoms with Crippen molar-refractivity contribution in [2.24, 2.45) is 0 Å². The number of nitrogens with zero attached hydrogens (tertiary/aromatic N) is 2. The van der Waals surface area contributed by atoms with Crippen molar-refractivity contribution in [1.82, 2.24) is 9.55 Å². The van der Waals surface area contributed by atoms with E-state index in [2.05, 4.69) is 11.1 Å². The summed E-state index contributed by atoms with van der Waals surface area (Å²) in [6, 6.07) is 2.14. The maximum atomic E-state index is 7.62. The minimum absolute atomic E-state index is 0.607. The Hall–Kier alpha value is -1.42. The minimum Gasteiger partial charge on any atom is -0.324 e. The predicted octanol–water partition coefficient (Wildman–Crippen LogP) is 1.98. The maximum absolute atomic E-state index is 7.62. The van der Waals surface area contributed by atoms with Crippen LogP contribution in [0.3, 0.4) is 0 Å². The van der Waals surface area contributed by atoms with Crippen LogP contribution in [-0.4, -0.2) is 9.55 Å². The van der Waals surface area contributed by atoms with Crippen LogP contribution in [0.15, 0.2) is 30.0 Å². The van der Waals surface area contributed by atoms with Crippen molar-refractivity contribution in [1.29, 1.82) is 5.41 Å². The molecular weight excluding hydrogens is 206 g/mol. The van der Waals surface area contributed by atoms with Gasteiger partial charge in [0.2, 0.25) is 0 Å². The lowest BCUT2D eigenvalue weighted by Crippen LogP contribution is -2.13.